The number of aromatic amines is 1. The van der Waals surface area contributed by atoms with E-state index in [0.717, 1.165) is 11.1 Å². The minimum atomic E-state index is -0.343. The Kier molecular flexibility index (Phi) is 3.25. The number of amides is 1. The van der Waals surface area contributed by atoms with Crippen molar-refractivity contribution in [2.75, 3.05) is 0 Å². The molecule has 0 radical (unpaired) electrons. The first kappa shape index (κ1) is 11.0. The lowest BCUT2D eigenvalue weighted by atomic mass is 10.1. The molecule has 1 amide bonds. The maximum atomic E-state index is 10.5. The lowest BCUT2D eigenvalue weighted by Gasteiger charge is -1.96. The molecule has 1 aromatic carbocycles. The molecule has 0 unspecified atom stereocenters. The van der Waals surface area contributed by atoms with Crippen molar-refractivity contribution in [2.24, 2.45) is 5.73 Å². The number of hydrogen-bond acceptors (Lipinski definition) is 4. The number of carbonyl (C=O) groups is 1. The van der Waals surface area contributed by atoms with Crippen LogP contribution in [0.25, 0.3) is 17.5 Å². The van der Waals surface area contributed by atoms with Crippen LogP contribution in [-0.2, 0) is 4.79 Å². The van der Waals surface area contributed by atoms with Gasteiger partial charge in [0.05, 0.1) is 0 Å². The van der Waals surface area contributed by atoms with E-state index in [1.165, 1.54) is 0 Å². The number of nitrogens with zero attached hydrogens (tertiary/aromatic N) is 3. The Bertz CT molecular complexity index is 515. The SMILES string of the molecule is NC(=O)CC=Cc1ccc(-c2nn[nH]n2)cc1. The van der Waals surface area contributed by atoms with Crippen LogP contribution in [0.4, 0.5) is 0 Å². The van der Waals surface area contributed by atoms with Crippen molar-refractivity contribution in [3.8, 4) is 11.4 Å². The molecule has 0 aliphatic heterocycles. The first-order chi connectivity index (χ1) is 8.25. The van der Waals surface area contributed by atoms with Crippen molar-refractivity contribution in [3.05, 3.63) is 35.9 Å². The highest BCUT2D eigenvalue weighted by molar-refractivity contribution is 5.76. The lowest BCUT2D eigenvalue weighted by Crippen LogP contribution is -2.07. The molecule has 0 saturated carbocycles. The molecule has 0 spiro atoms. The van der Waals surface area contributed by atoms with Crippen LogP contribution in [0.1, 0.15) is 12.0 Å². The summed E-state index contributed by atoms with van der Waals surface area (Å²) >= 11 is 0. The third-order valence-electron chi connectivity index (χ3n) is 2.14. The van der Waals surface area contributed by atoms with Crippen molar-refractivity contribution in [2.45, 2.75) is 6.42 Å². The quantitative estimate of drug-likeness (QED) is 0.808. The number of aromatic nitrogens is 4. The molecule has 2 aromatic rings. The van der Waals surface area contributed by atoms with Crippen LogP contribution in [0.2, 0.25) is 0 Å². The molecule has 2 rings (SSSR count). The van der Waals surface area contributed by atoms with Gasteiger partial charge in [0.25, 0.3) is 0 Å². The highest BCUT2D eigenvalue weighted by Crippen LogP contribution is 2.14. The van der Waals surface area contributed by atoms with Crippen LogP contribution in [0.5, 0.6) is 0 Å². The van der Waals surface area contributed by atoms with Gasteiger partial charge in [-0.25, -0.2) is 0 Å². The molecule has 86 valence electrons. The second-order valence-electron chi connectivity index (χ2n) is 3.43. The Morgan fingerprint density at radius 2 is 2.12 bits per heavy atom. The van der Waals surface area contributed by atoms with Crippen LogP contribution in [0.3, 0.4) is 0 Å². The Balaban J connectivity index is 2.08. The zero-order chi connectivity index (χ0) is 12.1. The molecule has 0 saturated heterocycles. The Hall–Kier alpha value is -2.50. The summed E-state index contributed by atoms with van der Waals surface area (Å²) in [5.41, 5.74) is 6.89. The van der Waals surface area contributed by atoms with Crippen molar-refractivity contribution in [1.82, 2.24) is 20.6 Å². The predicted molar refractivity (Wildman–Crippen MR) is 62.5 cm³/mol. The number of hydrogen-bond donors (Lipinski definition) is 2. The van der Waals surface area contributed by atoms with Crippen LogP contribution in [0.15, 0.2) is 30.3 Å². The fourth-order valence-electron chi connectivity index (χ4n) is 1.34. The van der Waals surface area contributed by atoms with E-state index in [2.05, 4.69) is 20.6 Å². The third-order valence-corrected chi connectivity index (χ3v) is 2.14. The molecule has 17 heavy (non-hydrogen) atoms. The van der Waals surface area contributed by atoms with E-state index in [1.54, 1.807) is 6.08 Å². The van der Waals surface area contributed by atoms with Crippen LogP contribution in [0, 0.1) is 0 Å². The van der Waals surface area contributed by atoms with Gasteiger partial charge in [-0.1, -0.05) is 36.4 Å². The largest absolute Gasteiger partial charge is 0.369 e. The molecule has 0 aliphatic rings. The Labute approximate surface area is 97.5 Å². The minimum Gasteiger partial charge on any atom is -0.369 e. The number of nitrogens with two attached hydrogens (primary N) is 1. The molecular weight excluding hydrogens is 218 g/mol. The molecule has 0 fully saturated rings. The minimum absolute atomic E-state index is 0.243. The highest BCUT2D eigenvalue weighted by atomic mass is 16.1. The summed E-state index contributed by atoms with van der Waals surface area (Å²) in [6, 6.07) is 7.58. The summed E-state index contributed by atoms with van der Waals surface area (Å²) < 4.78 is 0. The number of tetrazole rings is 1. The number of rotatable bonds is 4. The summed E-state index contributed by atoms with van der Waals surface area (Å²) in [5.74, 6) is 0.210. The number of H-pyrrole nitrogens is 1. The molecule has 6 heteroatoms. The zero-order valence-corrected chi connectivity index (χ0v) is 9.00. The van der Waals surface area contributed by atoms with Gasteiger partial charge in [0.2, 0.25) is 11.7 Å². The maximum absolute atomic E-state index is 10.5. The van der Waals surface area contributed by atoms with E-state index >= 15 is 0 Å². The summed E-state index contributed by atoms with van der Waals surface area (Å²) in [6.45, 7) is 0. The molecule has 1 aromatic heterocycles. The topological polar surface area (TPSA) is 97.5 Å². The van der Waals surface area contributed by atoms with Gasteiger partial charge in [0.15, 0.2) is 0 Å². The Morgan fingerprint density at radius 1 is 1.35 bits per heavy atom. The average Bonchev–Trinajstić information content (AvgIpc) is 2.83. The predicted octanol–water partition coefficient (Wildman–Crippen LogP) is 0.755. The van der Waals surface area contributed by atoms with Crippen molar-refractivity contribution < 1.29 is 4.79 Å². The van der Waals surface area contributed by atoms with Gasteiger partial charge in [-0.15, -0.1) is 10.2 Å². The second kappa shape index (κ2) is 5.02. The second-order valence-corrected chi connectivity index (χ2v) is 3.43. The summed E-state index contributed by atoms with van der Waals surface area (Å²) in [6.07, 6.45) is 3.81. The first-order valence-electron chi connectivity index (χ1n) is 5.04. The van der Waals surface area contributed by atoms with E-state index < -0.39 is 0 Å². The maximum Gasteiger partial charge on any atom is 0.221 e. The average molecular weight is 229 g/mol. The zero-order valence-electron chi connectivity index (χ0n) is 9.00. The van der Waals surface area contributed by atoms with E-state index in [9.17, 15) is 4.79 Å². The smallest absolute Gasteiger partial charge is 0.221 e. The molecule has 0 aliphatic carbocycles. The number of primary amides is 1. The molecule has 3 N–H and O–H groups in total. The lowest BCUT2D eigenvalue weighted by molar-refractivity contribution is -0.117. The Morgan fingerprint density at radius 3 is 2.71 bits per heavy atom. The van der Waals surface area contributed by atoms with Gasteiger partial charge in [0, 0.05) is 12.0 Å². The number of benzene rings is 1. The van der Waals surface area contributed by atoms with Gasteiger partial charge in [0.1, 0.15) is 0 Å². The monoisotopic (exact) mass is 229 g/mol. The van der Waals surface area contributed by atoms with E-state index in [4.69, 9.17) is 5.73 Å². The molecule has 1 heterocycles. The van der Waals surface area contributed by atoms with E-state index in [1.807, 2.05) is 30.3 Å². The van der Waals surface area contributed by atoms with Crippen molar-refractivity contribution in [1.29, 1.82) is 0 Å². The fraction of sp³-hybridized carbons (Fsp3) is 0.0909. The van der Waals surface area contributed by atoms with E-state index in [-0.39, 0.29) is 12.3 Å². The number of carbonyl (C=O) groups excluding carboxylic acids is 1. The van der Waals surface area contributed by atoms with Crippen molar-refractivity contribution >= 4 is 12.0 Å². The normalized spacial score (nSPS) is 10.8. The standard InChI is InChI=1S/C11H11N5O/c12-10(17)3-1-2-8-4-6-9(7-5-8)11-13-15-16-14-11/h1-2,4-7H,3H2,(H2,12,17)(H,13,14,15,16). The summed E-state index contributed by atoms with van der Waals surface area (Å²) in [5, 5.41) is 13.6. The molecule has 0 atom stereocenters. The summed E-state index contributed by atoms with van der Waals surface area (Å²) in [7, 11) is 0. The van der Waals surface area contributed by atoms with Crippen molar-refractivity contribution in [3.63, 3.8) is 0 Å². The van der Waals surface area contributed by atoms with Gasteiger partial charge in [-0.2, -0.15) is 5.21 Å². The van der Waals surface area contributed by atoms with Crippen LogP contribution >= 0.6 is 0 Å². The van der Waals surface area contributed by atoms with Gasteiger partial charge < -0.3 is 5.73 Å². The fourth-order valence-corrected chi connectivity index (χ4v) is 1.34. The van der Waals surface area contributed by atoms with E-state index in [0.29, 0.717) is 5.82 Å². The van der Waals surface area contributed by atoms with Crippen LogP contribution in [-0.4, -0.2) is 26.5 Å². The molecule has 6 nitrogen and oxygen atoms in total. The van der Waals surface area contributed by atoms with Gasteiger partial charge in [-0.3, -0.25) is 4.79 Å². The summed E-state index contributed by atoms with van der Waals surface area (Å²) in [4.78, 5) is 10.5. The first-order valence-corrected chi connectivity index (χ1v) is 5.04. The molecular formula is C11H11N5O. The molecule has 0 bridgehead atoms. The number of nitrogens with one attached hydrogen (secondary N) is 1. The van der Waals surface area contributed by atoms with Crippen LogP contribution < -0.4 is 5.73 Å². The van der Waals surface area contributed by atoms with Gasteiger partial charge in [-0.05, 0) is 10.8 Å². The highest BCUT2D eigenvalue weighted by Gasteiger charge is 2.00. The third kappa shape index (κ3) is 2.97. The van der Waals surface area contributed by atoms with Gasteiger partial charge >= 0.3 is 0 Å².